The van der Waals surface area contributed by atoms with Gasteiger partial charge in [-0.1, -0.05) is 46.5 Å². The van der Waals surface area contributed by atoms with E-state index in [1.807, 2.05) is 18.2 Å². The van der Waals surface area contributed by atoms with Crippen LogP contribution < -0.4 is 9.62 Å². The lowest BCUT2D eigenvalue weighted by Gasteiger charge is -2.19. The van der Waals surface area contributed by atoms with Gasteiger partial charge < -0.3 is 4.42 Å². The summed E-state index contributed by atoms with van der Waals surface area (Å²) in [7, 11) is -3.75. The molecule has 0 bridgehead atoms. The average Bonchev–Trinajstić information content (AvgIpc) is 3.46. The summed E-state index contributed by atoms with van der Waals surface area (Å²) >= 11 is 12.0. The second-order valence-electron chi connectivity index (χ2n) is 7.47. The molecule has 1 aliphatic heterocycles. The highest BCUT2D eigenvalue weighted by molar-refractivity contribution is 7.92. The molecule has 1 aliphatic rings. The van der Waals surface area contributed by atoms with Crippen molar-refractivity contribution in [1.29, 1.82) is 0 Å². The van der Waals surface area contributed by atoms with Crippen LogP contribution in [0.4, 0.5) is 11.7 Å². The molecule has 0 fully saturated rings. The fourth-order valence-electron chi connectivity index (χ4n) is 3.68. The number of aromatic nitrogens is 2. The molecule has 5 rings (SSSR count). The van der Waals surface area contributed by atoms with E-state index in [-0.39, 0.29) is 22.4 Å². The number of rotatable bonds is 5. The van der Waals surface area contributed by atoms with Gasteiger partial charge in [0.25, 0.3) is 21.8 Å². The molecule has 0 atom stereocenters. The van der Waals surface area contributed by atoms with Crippen LogP contribution in [0.5, 0.6) is 0 Å². The van der Waals surface area contributed by atoms with E-state index in [1.54, 1.807) is 18.2 Å². The number of carbonyl (C=O) groups is 1. The van der Waals surface area contributed by atoms with E-state index in [0.717, 1.165) is 5.56 Å². The van der Waals surface area contributed by atoms with Crippen LogP contribution in [-0.2, 0) is 16.4 Å². The molecule has 1 amide bonds. The summed E-state index contributed by atoms with van der Waals surface area (Å²) in [5, 5.41) is 11.0. The van der Waals surface area contributed by atoms with Crippen molar-refractivity contribution in [2.45, 2.75) is 11.3 Å². The van der Waals surface area contributed by atoms with Gasteiger partial charge in [-0.05, 0) is 60.5 Å². The van der Waals surface area contributed by atoms with Gasteiger partial charge in [0.2, 0.25) is 0 Å². The Kier molecular flexibility index (Phi) is 5.76. The van der Waals surface area contributed by atoms with Crippen molar-refractivity contribution in [2.75, 3.05) is 16.2 Å². The molecule has 0 unspecified atom stereocenters. The Bertz CT molecular complexity index is 1500. The smallest absolute Gasteiger partial charge is 0.322 e. The third-order valence-electron chi connectivity index (χ3n) is 5.36. The van der Waals surface area contributed by atoms with Crippen LogP contribution in [0.2, 0.25) is 10.0 Å². The first-order valence-corrected chi connectivity index (χ1v) is 12.3. The molecular weight excluding hydrogens is 499 g/mol. The largest absolute Gasteiger partial charge is 0.403 e. The summed E-state index contributed by atoms with van der Waals surface area (Å²) in [6, 6.07) is 17.7. The number of sulfonamides is 1. The van der Waals surface area contributed by atoms with Crippen molar-refractivity contribution in [1.82, 2.24) is 10.2 Å². The second kappa shape index (κ2) is 8.75. The molecule has 2 heterocycles. The molecule has 1 aromatic heterocycles. The minimum atomic E-state index is -3.75. The van der Waals surface area contributed by atoms with E-state index in [2.05, 4.69) is 15.5 Å². The first kappa shape index (κ1) is 22.4. The quantitative estimate of drug-likeness (QED) is 0.399. The number of amides is 1. The van der Waals surface area contributed by atoms with Gasteiger partial charge in [0.15, 0.2) is 0 Å². The fraction of sp³-hybridized carbons (Fsp3) is 0.0870. The van der Waals surface area contributed by atoms with Gasteiger partial charge in [0, 0.05) is 17.1 Å². The minimum absolute atomic E-state index is 0.0956. The van der Waals surface area contributed by atoms with Gasteiger partial charge in [-0.25, -0.2) is 8.42 Å². The van der Waals surface area contributed by atoms with Gasteiger partial charge in [0.05, 0.1) is 21.2 Å². The van der Waals surface area contributed by atoms with Crippen molar-refractivity contribution in [3.8, 4) is 11.5 Å². The first-order chi connectivity index (χ1) is 16.3. The number of hydrogen-bond acceptors (Lipinski definition) is 6. The Morgan fingerprint density at radius 2 is 1.76 bits per heavy atom. The zero-order valence-electron chi connectivity index (χ0n) is 17.4. The Morgan fingerprint density at radius 1 is 1.00 bits per heavy atom. The summed E-state index contributed by atoms with van der Waals surface area (Å²) in [5.74, 6) is -0.419. The van der Waals surface area contributed by atoms with Crippen LogP contribution in [0.25, 0.3) is 11.5 Å². The maximum atomic E-state index is 13.1. The first-order valence-electron chi connectivity index (χ1n) is 10.1. The normalized spacial score (nSPS) is 13.1. The monoisotopic (exact) mass is 514 g/mol. The maximum Gasteiger partial charge on any atom is 0.322 e. The summed E-state index contributed by atoms with van der Waals surface area (Å²) in [6.07, 6.45) is 0.656. The highest BCUT2D eigenvalue weighted by atomic mass is 35.5. The van der Waals surface area contributed by atoms with Crippen LogP contribution in [0.3, 0.4) is 0 Å². The summed E-state index contributed by atoms with van der Waals surface area (Å²) in [4.78, 5) is 12.7. The predicted octanol–water partition coefficient (Wildman–Crippen LogP) is 5.05. The molecule has 4 aromatic rings. The zero-order chi connectivity index (χ0) is 23.9. The summed E-state index contributed by atoms with van der Waals surface area (Å²) in [5.41, 5.74) is 2.36. The van der Waals surface area contributed by atoms with Crippen LogP contribution in [0, 0.1) is 0 Å². The lowest BCUT2D eigenvalue weighted by Crippen LogP contribution is -2.29. The van der Waals surface area contributed by atoms with Crippen LogP contribution in [0.15, 0.2) is 76.0 Å². The number of benzene rings is 3. The van der Waals surface area contributed by atoms with Crippen LogP contribution in [-0.4, -0.2) is 31.1 Å². The Hall–Kier alpha value is -3.40. The number of nitrogens with one attached hydrogen (secondary N) is 1. The number of para-hydroxylation sites is 1. The number of fused-ring (bicyclic) bond motifs is 1. The van der Waals surface area contributed by atoms with E-state index in [0.29, 0.717) is 34.3 Å². The standard InChI is InChI=1S/C23H16Cl2N4O4S/c24-16-7-10-18(19(25)13-16)22-27-28-23(33-22)26-21(30)15-5-8-17(9-6-15)34(31,32)29-12-11-14-3-1-2-4-20(14)29/h1-10,13H,11-12H2,(H,26,28,30). The Labute approximate surface area is 205 Å². The SMILES string of the molecule is O=C(Nc1nnc(-c2ccc(Cl)cc2Cl)o1)c1ccc(S(=O)(=O)N2CCc3ccccc32)cc1. The molecule has 0 saturated carbocycles. The van der Waals surface area contributed by atoms with Crippen molar-refractivity contribution in [2.24, 2.45) is 0 Å². The number of hydrogen-bond donors (Lipinski definition) is 1. The third-order valence-corrected chi connectivity index (χ3v) is 7.73. The number of anilines is 2. The van der Waals surface area contributed by atoms with Gasteiger partial charge in [-0.3, -0.25) is 14.4 Å². The predicted molar refractivity (Wildman–Crippen MR) is 129 cm³/mol. The van der Waals surface area contributed by atoms with Crippen LogP contribution in [0.1, 0.15) is 15.9 Å². The van der Waals surface area contributed by atoms with E-state index in [4.69, 9.17) is 27.6 Å². The highest BCUT2D eigenvalue weighted by Crippen LogP contribution is 2.33. The van der Waals surface area contributed by atoms with Gasteiger partial charge in [0.1, 0.15) is 0 Å². The van der Waals surface area contributed by atoms with E-state index >= 15 is 0 Å². The Balaban J connectivity index is 1.32. The number of halogens is 2. The minimum Gasteiger partial charge on any atom is -0.403 e. The molecule has 0 spiro atoms. The lowest BCUT2D eigenvalue weighted by atomic mass is 10.2. The molecule has 3 aromatic carbocycles. The highest BCUT2D eigenvalue weighted by Gasteiger charge is 2.30. The molecule has 8 nitrogen and oxygen atoms in total. The van der Waals surface area contributed by atoms with Crippen LogP contribution >= 0.6 is 23.2 Å². The average molecular weight is 515 g/mol. The van der Waals surface area contributed by atoms with Crippen molar-refractivity contribution in [3.05, 3.63) is 87.9 Å². The van der Waals surface area contributed by atoms with Crippen molar-refractivity contribution in [3.63, 3.8) is 0 Å². The molecule has 0 aliphatic carbocycles. The zero-order valence-corrected chi connectivity index (χ0v) is 19.7. The van der Waals surface area contributed by atoms with E-state index in [1.165, 1.54) is 34.6 Å². The number of nitrogens with zero attached hydrogens (tertiary/aromatic N) is 3. The number of carbonyl (C=O) groups excluding carboxylic acids is 1. The summed E-state index contributed by atoms with van der Waals surface area (Å²) < 4.78 is 33.1. The maximum absolute atomic E-state index is 13.1. The molecule has 34 heavy (non-hydrogen) atoms. The third kappa shape index (κ3) is 4.13. The van der Waals surface area contributed by atoms with E-state index < -0.39 is 15.9 Å². The summed E-state index contributed by atoms with van der Waals surface area (Å²) in [6.45, 7) is 0.376. The molecule has 0 radical (unpaired) electrons. The van der Waals surface area contributed by atoms with Gasteiger partial charge >= 0.3 is 6.01 Å². The lowest BCUT2D eigenvalue weighted by molar-refractivity contribution is 0.102. The van der Waals surface area contributed by atoms with Gasteiger partial charge in [-0.15, -0.1) is 5.10 Å². The molecule has 1 N–H and O–H groups in total. The Morgan fingerprint density at radius 3 is 2.53 bits per heavy atom. The molecular formula is C23H16Cl2N4O4S. The van der Waals surface area contributed by atoms with E-state index in [9.17, 15) is 13.2 Å². The fourth-order valence-corrected chi connectivity index (χ4v) is 5.67. The molecule has 172 valence electrons. The van der Waals surface area contributed by atoms with Crippen molar-refractivity contribution >= 4 is 50.8 Å². The molecule has 11 heteroatoms. The second-order valence-corrected chi connectivity index (χ2v) is 10.2. The molecule has 0 saturated heterocycles. The van der Waals surface area contributed by atoms with Gasteiger partial charge in [-0.2, -0.15) is 0 Å². The topological polar surface area (TPSA) is 105 Å². The van der Waals surface area contributed by atoms with Crippen molar-refractivity contribution < 1.29 is 17.6 Å².